The molecule has 0 saturated heterocycles. The van der Waals surface area contributed by atoms with E-state index >= 15 is 0 Å². The van der Waals surface area contributed by atoms with Gasteiger partial charge in [-0.1, -0.05) is 62.2 Å². The second-order valence-electron chi connectivity index (χ2n) is 4.45. The minimum Gasteiger partial charge on any atom is -0.641 e. The maximum absolute atomic E-state index is 13.5. The van der Waals surface area contributed by atoms with Crippen molar-refractivity contribution in [3.8, 4) is 5.75 Å². The summed E-state index contributed by atoms with van der Waals surface area (Å²) in [5, 5.41) is 2.32. The summed E-state index contributed by atoms with van der Waals surface area (Å²) in [5.74, 6) is 0.231. The highest BCUT2D eigenvalue weighted by molar-refractivity contribution is 6.52. The molecule has 0 amide bonds. The van der Waals surface area contributed by atoms with Gasteiger partial charge in [0.2, 0.25) is 0 Å². The van der Waals surface area contributed by atoms with E-state index in [0.29, 0.717) is 5.75 Å². The Balaban J connectivity index is 2.55. The standard InChI is InChI=1S/C6H5FO.2C4H9.Al/c7-5-3-1-2-4-6(5)8;2*1-3-4-2;/h1-4,8H;2*1,3-4H2,2H3;/q;;;+1/p-1. The summed E-state index contributed by atoms with van der Waals surface area (Å²) < 4.78 is 19.4. The molecule has 0 atom stereocenters. The van der Waals surface area contributed by atoms with Crippen LogP contribution in [0.2, 0.25) is 10.6 Å². The van der Waals surface area contributed by atoms with Crippen molar-refractivity contribution in [3.63, 3.8) is 0 Å². The van der Waals surface area contributed by atoms with E-state index in [4.69, 9.17) is 3.79 Å². The normalized spacial score (nSPS) is 10.3. The molecule has 0 N–H and O–H groups in total. The molecule has 0 unspecified atom stereocenters. The first-order chi connectivity index (χ1) is 8.27. The van der Waals surface area contributed by atoms with Gasteiger partial charge in [-0.05, 0) is 12.1 Å². The molecule has 17 heavy (non-hydrogen) atoms. The van der Waals surface area contributed by atoms with Crippen molar-refractivity contribution in [3.05, 3.63) is 30.1 Å². The number of benzene rings is 1. The van der Waals surface area contributed by atoms with Gasteiger partial charge in [-0.3, -0.25) is 0 Å². The molecule has 0 aromatic heterocycles. The van der Waals surface area contributed by atoms with E-state index in [0.717, 1.165) is 10.6 Å². The minimum atomic E-state index is -1.26. The molecule has 0 saturated carbocycles. The highest BCUT2D eigenvalue weighted by Crippen LogP contribution is 2.20. The van der Waals surface area contributed by atoms with Gasteiger partial charge in [0, 0.05) is 0 Å². The zero-order chi connectivity index (χ0) is 12.5. The van der Waals surface area contributed by atoms with Gasteiger partial charge in [0.05, 0.1) is 0 Å². The molecule has 0 bridgehead atoms. The first-order valence-electron chi connectivity index (χ1n) is 6.69. The van der Waals surface area contributed by atoms with E-state index in [2.05, 4.69) is 13.8 Å². The quantitative estimate of drug-likeness (QED) is 0.604. The predicted molar refractivity (Wildman–Crippen MR) is 72.2 cm³/mol. The summed E-state index contributed by atoms with van der Waals surface area (Å²) >= 11 is -1.26. The molecule has 1 aromatic carbocycles. The molecule has 1 nitrogen and oxygen atoms in total. The first-order valence-corrected chi connectivity index (χ1v) is 8.79. The number of para-hydroxylation sites is 1. The minimum absolute atomic E-state index is 0.224. The largest absolute Gasteiger partial charge is 0.641 e. The maximum atomic E-state index is 13.5. The van der Waals surface area contributed by atoms with Crippen LogP contribution >= 0.6 is 0 Å². The van der Waals surface area contributed by atoms with E-state index in [1.165, 1.54) is 31.7 Å². The third kappa shape index (κ3) is 5.57. The zero-order valence-electron chi connectivity index (χ0n) is 10.9. The van der Waals surface area contributed by atoms with Crippen LogP contribution in [-0.4, -0.2) is 14.5 Å². The van der Waals surface area contributed by atoms with E-state index in [1.807, 2.05) is 6.07 Å². The summed E-state index contributed by atoms with van der Waals surface area (Å²) in [6, 6.07) is 6.76. The van der Waals surface area contributed by atoms with Gasteiger partial charge in [-0.15, -0.1) is 0 Å². The fraction of sp³-hybridized carbons (Fsp3) is 0.571. The molecule has 3 heteroatoms. The Bertz CT molecular complexity index is 309. The van der Waals surface area contributed by atoms with E-state index in [-0.39, 0.29) is 5.82 Å². The van der Waals surface area contributed by atoms with Crippen LogP contribution in [0.3, 0.4) is 0 Å². The van der Waals surface area contributed by atoms with Gasteiger partial charge in [0.15, 0.2) is 5.82 Å². The molecule has 0 spiro atoms. The average molecular weight is 252 g/mol. The Morgan fingerprint density at radius 1 is 1.06 bits per heavy atom. The Morgan fingerprint density at radius 3 is 2.18 bits per heavy atom. The van der Waals surface area contributed by atoms with Gasteiger partial charge >= 0.3 is 14.5 Å². The fourth-order valence-corrected chi connectivity index (χ4v) is 4.65. The van der Waals surface area contributed by atoms with Crippen molar-refractivity contribution in [1.29, 1.82) is 0 Å². The highest BCUT2D eigenvalue weighted by Gasteiger charge is 2.23. The van der Waals surface area contributed by atoms with Crippen LogP contribution in [0.1, 0.15) is 39.5 Å². The van der Waals surface area contributed by atoms with Crippen molar-refractivity contribution in [1.82, 2.24) is 0 Å². The fourth-order valence-electron chi connectivity index (χ4n) is 1.85. The second-order valence-corrected chi connectivity index (χ2v) is 7.09. The van der Waals surface area contributed by atoms with Gasteiger partial charge < -0.3 is 3.79 Å². The molecule has 0 fully saturated rings. The first kappa shape index (κ1) is 14.5. The average Bonchev–Trinajstić information content (AvgIpc) is 2.35. The molecule has 1 aromatic rings. The smallest absolute Gasteiger partial charge is 0.546 e. The summed E-state index contributed by atoms with van der Waals surface area (Å²) in [7, 11) is 0. The molecular formula is C14H22AlFO. The third-order valence-corrected chi connectivity index (χ3v) is 5.58. The molecule has 0 aliphatic carbocycles. The molecule has 0 aliphatic rings. The number of hydrogen-bond donors (Lipinski definition) is 0. The van der Waals surface area contributed by atoms with Crippen LogP contribution in [0, 0.1) is 5.82 Å². The topological polar surface area (TPSA) is 9.23 Å². The lowest BCUT2D eigenvalue weighted by Gasteiger charge is -2.15. The molecule has 94 valence electrons. The van der Waals surface area contributed by atoms with E-state index < -0.39 is 14.5 Å². The van der Waals surface area contributed by atoms with Crippen molar-refractivity contribution in [2.45, 2.75) is 50.1 Å². The monoisotopic (exact) mass is 252 g/mol. The lowest BCUT2D eigenvalue weighted by atomic mass is 10.3. The SMILES string of the molecule is CCC[CH2][Al]([CH2]CCC)[O]c1ccccc1F. The van der Waals surface area contributed by atoms with Crippen molar-refractivity contribution >= 4 is 14.5 Å². The molecular weight excluding hydrogens is 230 g/mol. The molecule has 0 radical (unpaired) electrons. The predicted octanol–water partition coefficient (Wildman–Crippen LogP) is 4.80. The van der Waals surface area contributed by atoms with Crippen molar-refractivity contribution in [2.75, 3.05) is 0 Å². The Labute approximate surface area is 109 Å². The van der Waals surface area contributed by atoms with Crippen LogP contribution in [0.25, 0.3) is 0 Å². The number of unbranched alkanes of at least 4 members (excludes halogenated alkanes) is 2. The summed E-state index contributed by atoms with van der Waals surface area (Å²) in [6.45, 7) is 4.38. The lowest BCUT2D eigenvalue weighted by Crippen LogP contribution is -2.21. The third-order valence-electron chi connectivity index (χ3n) is 2.89. The summed E-state index contributed by atoms with van der Waals surface area (Å²) in [4.78, 5) is 0. The number of rotatable bonds is 8. The van der Waals surface area contributed by atoms with Crippen LogP contribution in [-0.2, 0) is 0 Å². The van der Waals surface area contributed by atoms with E-state index in [9.17, 15) is 4.39 Å². The van der Waals surface area contributed by atoms with Crippen LogP contribution < -0.4 is 3.79 Å². The van der Waals surface area contributed by atoms with Crippen molar-refractivity contribution < 1.29 is 8.18 Å². The summed E-state index contributed by atoms with van der Waals surface area (Å²) in [5.41, 5.74) is 0. The number of hydrogen-bond acceptors (Lipinski definition) is 1. The molecule has 0 aliphatic heterocycles. The van der Waals surface area contributed by atoms with E-state index in [1.54, 1.807) is 12.1 Å². The maximum Gasteiger partial charge on any atom is 0.546 e. The second kappa shape index (κ2) is 8.56. The molecule has 1 rings (SSSR count). The zero-order valence-corrected chi connectivity index (χ0v) is 12.1. The van der Waals surface area contributed by atoms with Gasteiger partial charge in [0.1, 0.15) is 5.75 Å². The van der Waals surface area contributed by atoms with Crippen LogP contribution in [0.15, 0.2) is 24.3 Å². The summed E-state index contributed by atoms with van der Waals surface area (Å²) in [6.07, 6.45) is 4.79. The van der Waals surface area contributed by atoms with Gasteiger partial charge in [-0.25, -0.2) is 4.39 Å². The van der Waals surface area contributed by atoms with Crippen molar-refractivity contribution in [2.24, 2.45) is 0 Å². The van der Waals surface area contributed by atoms with Gasteiger partial charge in [0.25, 0.3) is 0 Å². The Hall–Kier alpha value is -0.518. The highest BCUT2D eigenvalue weighted by atomic mass is 27.2. The van der Waals surface area contributed by atoms with Crippen LogP contribution in [0.4, 0.5) is 4.39 Å². The van der Waals surface area contributed by atoms with Gasteiger partial charge in [-0.2, -0.15) is 0 Å². The van der Waals surface area contributed by atoms with Crippen LogP contribution in [0.5, 0.6) is 5.75 Å². The molecule has 0 heterocycles. The Kier molecular flexibility index (Phi) is 7.32. The lowest BCUT2D eigenvalue weighted by molar-refractivity contribution is 0.495. The number of halogens is 1. The Morgan fingerprint density at radius 2 is 1.65 bits per heavy atom.